The van der Waals surface area contributed by atoms with Gasteiger partial charge in [0.1, 0.15) is 12.3 Å². The van der Waals surface area contributed by atoms with Gasteiger partial charge in [0.25, 0.3) is 0 Å². The van der Waals surface area contributed by atoms with Crippen LogP contribution in [0.4, 0.5) is 0 Å². The van der Waals surface area contributed by atoms with Gasteiger partial charge >= 0.3 is 0 Å². The molecule has 2 rings (SSSR count). The highest BCUT2D eigenvalue weighted by Crippen LogP contribution is 2.28. The second kappa shape index (κ2) is 12.0. The third kappa shape index (κ3) is 7.76. The number of rotatable bonds is 9. The second-order valence-electron chi connectivity index (χ2n) is 11.4. The molecule has 0 spiro atoms. The van der Waals surface area contributed by atoms with E-state index in [0.717, 1.165) is 12.0 Å². The second-order valence-corrected chi connectivity index (χ2v) is 11.4. The average Bonchev–Trinajstić information content (AvgIpc) is 3.17. The number of likely N-dealkylation sites (tertiary alicyclic amines) is 1. The number of β-amino-alcohol motifs (C(OH)–C–C–N with tert-alkyl or cyclic N) is 1. The van der Waals surface area contributed by atoms with Gasteiger partial charge < -0.3 is 20.4 Å². The van der Waals surface area contributed by atoms with E-state index in [9.17, 15) is 19.8 Å². The zero-order chi connectivity index (χ0) is 26.5. The van der Waals surface area contributed by atoms with Crippen LogP contribution in [0.5, 0.6) is 0 Å². The van der Waals surface area contributed by atoms with Crippen LogP contribution in [0.1, 0.15) is 78.5 Å². The third-order valence-corrected chi connectivity index (χ3v) is 6.60. The molecule has 1 aliphatic rings. The first kappa shape index (κ1) is 28.8. The Hall–Kier alpha value is -2.47. The summed E-state index contributed by atoms with van der Waals surface area (Å²) in [5.41, 5.74) is 0.880. The van der Waals surface area contributed by atoms with Crippen LogP contribution in [-0.2, 0) is 9.59 Å². The van der Waals surface area contributed by atoms with Crippen molar-refractivity contribution in [2.45, 2.75) is 91.8 Å². The number of nitriles is 1. The van der Waals surface area contributed by atoms with Crippen LogP contribution in [0, 0.1) is 28.6 Å². The predicted octanol–water partition coefficient (Wildman–Crippen LogP) is 2.70. The summed E-state index contributed by atoms with van der Waals surface area (Å²) in [6.07, 6.45) is -0.897. The minimum Gasteiger partial charge on any atom is -0.391 e. The van der Waals surface area contributed by atoms with Gasteiger partial charge in [0.05, 0.1) is 23.8 Å². The van der Waals surface area contributed by atoms with Crippen LogP contribution in [-0.4, -0.2) is 57.9 Å². The van der Waals surface area contributed by atoms with Crippen LogP contribution in [0.25, 0.3) is 0 Å². The third-order valence-electron chi connectivity index (χ3n) is 6.60. The van der Waals surface area contributed by atoms with Crippen LogP contribution in [0.15, 0.2) is 24.3 Å². The Morgan fingerprint density at radius 3 is 2.29 bits per heavy atom. The van der Waals surface area contributed by atoms with Crippen molar-refractivity contribution in [3.8, 4) is 6.07 Å². The smallest absolute Gasteiger partial charge is 0.246 e. The normalized spacial score (nSPS) is 21.8. The van der Waals surface area contributed by atoms with Gasteiger partial charge in [-0.05, 0) is 48.8 Å². The lowest BCUT2D eigenvalue weighted by Gasteiger charge is -2.38. The number of benzene rings is 1. The molecule has 2 amide bonds. The number of nitrogens with zero attached hydrogens (tertiary/aromatic N) is 2. The molecule has 1 aliphatic heterocycles. The van der Waals surface area contributed by atoms with E-state index in [1.165, 1.54) is 4.90 Å². The van der Waals surface area contributed by atoms with Gasteiger partial charge in [0.2, 0.25) is 11.8 Å². The van der Waals surface area contributed by atoms with Gasteiger partial charge in [0.15, 0.2) is 0 Å². The number of carbonyl (C=O) groups is 2. The molecule has 35 heavy (non-hydrogen) atoms. The molecule has 0 radical (unpaired) electrons. The van der Waals surface area contributed by atoms with Crippen LogP contribution >= 0.6 is 0 Å². The Morgan fingerprint density at radius 2 is 1.77 bits per heavy atom. The first-order valence-corrected chi connectivity index (χ1v) is 12.5. The van der Waals surface area contributed by atoms with Crippen molar-refractivity contribution in [3.05, 3.63) is 35.4 Å². The number of hydrogen-bond acceptors (Lipinski definition) is 6. The summed E-state index contributed by atoms with van der Waals surface area (Å²) in [6.45, 7) is 13.6. The molecule has 194 valence electrons. The average molecular weight is 487 g/mol. The number of nitrogens with one attached hydrogen (secondary N) is 2. The molecule has 6 atom stereocenters. The summed E-state index contributed by atoms with van der Waals surface area (Å²) >= 11 is 0. The highest BCUT2D eigenvalue weighted by molar-refractivity contribution is 5.89. The fourth-order valence-corrected chi connectivity index (χ4v) is 4.62. The lowest BCUT2D eigenvalue weighted by atomic mass is 9.85. The molecule has 1 fully saturated rings. The predicted molar refractivity (Wildman–Crippen MR) is 135 cm³/mol. The van der Waals surface area contributed by atoms with E-state index in [-0.39, 0.29) is 36.7 Å². The fourth-order valence-electron chi connectivity index (χ4n) is 4.62. The van der Waals surface area contributed by atoms with Crippen molar-refractivity contribution >= 4 is 11.8 Å². The van der Waals surface area contributed by atoms with Gasteiger partial charge in [-0.2, -0.15) is 5.26 Å². The van der Waals surface area contributed by atoms with Gasteiger partial charge in [-0.25, -0.2) is 0 Å². The minimum absolute atomic E-state index is 0.0947. The van der Waals surface area contributed by atoms with E-state index in [1.54, 1.807) is 12.1 Å². The maximum atomic E-state index is 13.7. The molecule has 4 N–H and O–H groups in total. The SMILES string of the molecule is CC(C)CC(C)C(=O)NC(C(=O)N1CC(O)CC1C(O)NC(C)c1ccc(C#N)cc1)C(C)(C)C. The Kier molecular flexibility index (Phi) is 9.85. The standard InChI is InChI=1S/C27H42N4O4/c1-16(2)12-17(3)24(33)30-23(27(5,6)7)26(35)31-15-21(32)13-22(31)25(34)29-18(4)20-10-8-19(14-28)9-11-20/h8-11,16-18,21-23,25,29,32,34H,12-13,15H2,1-7H3,(H,30,33). The van der Waals surface area contributed by atoms with Crippen molar-refractivity contribution in [2.24, 2.45) is 17.3 Å². The molecule has 6 unspecified atom stereocenters. The van der Waals surface area contributed by atoms with Crippen molar-refractivity contribution < 1.29 is 19.8 Å². The Bertz CT molecular complexity index is 903. The molecule has 0 bridgehead atoms. The van der Waals surface area contributed by atoms with Gasteiger partial charge in [-0.1, -0.05) is 53.7 Å². The number of carbonyl (C=O) groups excluding carboxylic acids is 2. The van der Waals surface area contributed by atoms with Crippen LogP contribution in [0.2, 0.25) is 0 Å². The zero-order valence-electron chi connectivity index (χ0n) is 22.1. The van der Waals surface area contributed by atoms with Crippen LogP contribution < -0.4 is 10.6 Å². The van der Waals surface area contributed by atoms with Gasteiger partial charge in [0, 0.05) is 18.5 Å². The Morgan fingerprint density at radius 1 is 1.17 bits per heavy atom. The van der Waals surface area contributed by atoms with Gasteiger partial charge in [-0.3, -0.25) is 14.9 Å². The van der Waals surface area contributed by atoms with E-state index in [0.29, 0.717) is 11.5 Å². The van der Waals surface area contributed by atoms with Crippen molar-refractivity contribution in [3.63, 3.8) is 0 Å². The van der Waals surface area contributed by atoms with E-state index >= 15 is 0 Å². The van der Waals surface area contributed by atoms with Crippen molar-refractivity contribution in [1.82, 2.24) is 15.5 Å². The molecule has 1 heterocycles. The number of aliphatic hydroxyl groups excluding tert-OH is 2. The molecule has 0 aliphatic carbocycles. The van der Waals surface area contributed by atoms with E-state index in [1.807, 2.05) is 46.8 Å². The van der Waals surface area contributed by atoms with E-state index in [2.05, 4.69) is 30.6 Å². The summed E-state index contributed by atoms with van der Waals surface area (Å²) in [6, 6.07) is 7.46. The minimum atomic E-state index is -1.09. The molecule has 0 saturated carbocycles. The Labute approximate surface area is 209 Å². The zero-order valence-corrected chi connectivity index (χ0v) is 22.1. The first-order valence-electron chi connectivity index (χ1n) is 12.5. The summed E-state index contributed by atoms with van der Waals surface area (Å²) in [5.74, 6) is -0.350. The maximum Gasteiger partial charge on any atom is 0.246 e. The van der Waals surface area contributed by atoms with Crippen molar-refractivity contribution in [1.29, 1.82) is 5.26 Å². The molecule has 8 nitrogen and oxygen atoms in total. The number of hydrogen-bond donors (Lipinski definition) is 4. The first-order chi connectivity index (χ1) is 16.2. The topological polar surface area (TPSA) is 126 Å². The molecular weight excluding hydrogens is 444 g/mol. The van der Waals surface area contributed by atoms with E-state index in [4.69, 9.17) is 5.26 Å². The molecule has 8 heteroatoms. The lowest BCUT2D eigenvalue weighted by Crippen LogP contribution is -2.59. The monoisotopic (exact) mass is 486 g/mol. The number of amides is 2. The highest BCUT2D eigenvalue weighted by atomic mass is 16.3. The molecular formula is C27H42N4O4. The highest BCUT2D eigenvalue weighted by Gasteiger charge is 2.44. The summed E-state index contributed by atoms with van der Waals surface area (Å²) in [5, 5.41) is 36.5. The quantitative estimate of drug-likeness (QED) is 0.398. The largest absolute Gasteiger partial charge is 0.391 e. The molecule has 1 saturated heterocycles. The maximum absolute atomic E-state index is 13.7. The van der Waals surface area contributed by atoms with Crippen molar-refractivity contribution in [2.75, 3.05) is 6.54 Å². The van der Waals surface area contributed by atoms with Crippen LogP contribution in [0.3, 0.4) is 0 Å². The molecule has 1 aromatic rings. The fraction of sp³-hybridized carbons (Fsp3) is 0.667. The summed E-state index contributed by atoms with van der Waals surface area (Å²) < 4.78 is 0. The summed E-state index contributed by atoms with van der Waals surface area (Å²) in [7, 11) is 0. The Balaban J connectivity index is 2.17. The molecule has 0 aromatic heterocycles. The van der Waals surface area contributed by atoms with E-state index < -0.39 is 29.8 Å². The lowest BCUT2D eigenvalue weighted by molar-refractivity contribution is -0.143. The summed E-state index contributed by atoms with van der Waals surface area (Å²) in [4.78, 5) is 28.1. The van der Waals surface area contributed by atoms with Gasteiger partial charge in [-0.15, -0.1) is 0 Å². The number of aliphatic hydroxyl groups is 2. The molecule has 1 aromatic carbocycles.